The monoisotopic (exact) mass is 388 g/mol. The molecule has 4 nitrogen and oxygen atoms in total. The predicted molar refractivity (Wildman–Crippen MR) is 111 cm³/mol. The molecule has 28 heavy (non-hydrogen) atoms. The van der Waals surface area contributed by atoms with E-state index in [1.165, 1.54) is 12.5 Å². The van der Waals surface area contributed by atoms with Crippen molar-refractivity contribution in [3.8, 4) is 0 Å². The van der Waals surface area contributed by atoms with Crippen LogP contribution in [0.25, 0.3) is 0 Å². The fourth-order valence-corrected chi connectivity index (χ4v) is 4.23. The number of Topliss-reactive ketones (excluding diaryl/α,β-unsaturated/α-hetero) is 1. The fraction of sp³-hybridized carbons (Fsp3) is 0.667. The second-order valence-corrected chi connectivity index (χ2v) is 9.81. The minimum atomic E-state index is -1.17. The van der Waals surface area contributed by atoms with Gasteiger partial charge in [0.2, 0.25) is 6.10 Å². The molecule has 4 atom stereocenters. The summed E-state index contributed by atoms with van der Waals surface area (Å²) in [7, 11) is 0. The first-order valence-corrected chi connectivity index (χ1v) is 10.4. The summed E-state index contributed by atoms with van der Waals surface area (Å²) >= 11 is 0. The molecule has 0 saturated heterocycles. The summed E-state index contributed by atoms with van der Waals surface area (Å²) in [5.74, 6) is -0.199. The molecule has 4 heteroatoms. The summed E-state index contributed by atoms with van der Waals surface area (Å²) in [6.07, 6.45) is 1.53. The van der Waals surface area contributed by atoms with Crippen LogP contribution in [-0.4, -0.2) is 29.6 Å². The van der Waals surface area contributed by atoms with Crippen molar-refractivity contribution in [2.24, 2.45) is 11.8 Å². The topological polar surface area (TPSA) is 52.6 Å². The lowest BCUT2D eigenvalue weighted by molar-refractivity contribution is -0.180. The number of carbonyl (C=O) groups is 2. The Kier molecular flexibility index (Phi) is 7.08. The molecule has 0 bridgehead atoms. The second kappa shape index (κ2) is 8.77. The number of hydrogen-bond donors (Lipinski definition) is 0. The minimum Gasteiger partial charge on any atom is -0.460 e. The highest BCUT2D eigenvalue weighted by Crippen LogP contribution is 2.43. The maximum Gasteiger partial charge on any atom is 0.343 e. The third-order valence-corrected chi connectivity index (χ3v) is 5.82. The van der Waals surface area contributed by atoms with Crippen molar-refractivity contribution < 1.29 is 19.1 Å². The van der Waals surface area contributed by atoms with Crippen molar-refractivity contribution in [2.75, 3.05) is 0 Å². The predicted octanol–water partition coefficient (Wildman–Crippen LogP) is 5.08. The van der Waals surface area contributed by atoms with E-state index in [4.69, 9.17) is 9.47 Å². The van der Waals surface area contributed by atoms with E-state index in [0.29, 0.717) is 5.92 Å². The van der Waals surface area contributed by atoms with Gasteiger partial charge in [0.25, 0.3) is 0 Å². The van der Waals surface area contributed by atoms with Gasteiger partial charge in [0.1, 0.15) is 6.10 Å². The standard InChI is InChI=1S/C24H36O4/c1-16-13-14-19(24(6,7)18-11-9-8-10-12-18)20(15-16)27-22(26)21(17(2)25)28-23(3,4)5/h8-12,16,19-21H,13-15H2,1-7H3/t16-,19-,20-,21?/m1/s1. The average Bonchev–Trinajstić information content (AvgIpc) is 2.59. The second-order valence-electron chi connectivity index (χ2n) is 9.81. The molecule has 1 saturated carbocycles. The quantitative estimate of drug-likeness (QED) is 0.503. The lowest BCUT2D eigenvalue weighted by Crippen LogP contribution is -2.47. The molecule has 0 aromatic heterocycles. The van der Waals surface area contributed by atoms with Crippen LogP contribution < -0.4 is 0 Å². The first-order chi connectivity index (χ1) is 12.9. The van der Waals surface area contributed by atoms with Crippen LogP contribution in [0.15, 0.2) is 30.3 Å². The van der Waals surface area contributed by atoms with Crippen LogP contribution in [0.5, 0.6) is 0 Å². The summed E-state index contributed by atoms with van der Waals surface area (Å²) in [5.41, 5.74) is 0.505. The third-order valence-electron chi connectivity index (χ3n) is 5.82. The van der Waals surface area contributed by atoms with Gasteiger partial charge < -0.3 is 9.47 Å². The van der Waals surface area contributed by atoms with Gasteiger partial charge in [-0.2, -0.15) is 0 Å². The van der Waals surface area contributed by atoms with Crippen molar-refractivity contribution in [2.45, 2.75) is 91.0 Å². The maximum absolute atomic E-state index is 12.9. The van der Waals surface area contributed by atoms with Crippen molar-refractivity contribution in [3.05, 3.63) is 35.9 Å². The Morgan fingerprint density at radius 3 is 2.18 bits per heavy atom. The van der Waals surface area contributed by atoms with E-state index in [1.807, 2.05) is 39.0 Å². The lowest BCUT2D eigenvalue weighted by atomic mass is 9.64. The molecule has 0 radical (unpaired) electrons. The molecule has 0 aliphatic heterocycles. The van der Waals surface area contributed by atoms with Gasteiger partial charge in [0, 0.05) is 5.92 Å². The number of esters is 1. The molecule has 1 aromatic carbocycles. The molecule has 1 unspecified atom stereocenters. The van der Waals surface area contributed by atoms with Crippen LogP contribution in [0.2, 0.25) is 0 Å². The van der Waals surface area contributed by atoms with Crippen LogP contribution in [-0.2, 0) is 24.5 Å². The highest BCUT2D eigenvalue weighted by Gasteiger charge is 2.43. The molecule has 0 N–H and O–H groups in total. The van der Waals surface area contributed by atoms with Gasteiger partial charge in [-0.05, 0) is 57.4 Å². The highest BCUT2D eigenvalue weighted by atomic mass is 16.6. The molecule has 156 valence electrons. The largest absolute Gasteiger partial charge is 0.460 e. The number of carbonyl (C=O) groups excluding carboxylic acids is 2. The van der Waals surface area contributed by atoms with Crippen molar-refractivity contribution in [3.63, 3.8) is 0 Å². The van der Waals surface area contributed by atoms with E-state index in [1.54, 1.807) is 0 Å². The summed E-state index contributed by atoms with van der Waals surface area (Å²) in [5, 5.41) is 0. The zero-order chi connectivity index (χ0) is 21.1. The summed E-state index contributed by atoms with van der Waals surface area (Å²) in [4.78, 5) is 24.9. The molecule has 0 amide bonds. The average molecular weight is 389 g/mol. The Morgan fingerprint density at radius 2 is 1.64 bits per heavy atom. The third kappa shape index (κ3) is 5.66. The van der Waals surface area contributed by atoms with Gasteiger partial charge in [-0.15, -0.1) is 0 Å². The van der Waals surface area contributed by atoms with Crippen LogP contribution in [0.1, 0.15) is 73.3 Å². The zero-order valence-electron chi connectivity index (χ0n) is 18.5. The number of hydrogen-bond acceptors (Lipinski definition) is 4. The van der Waals surface area contributed by atoms with Gasteiger partial charge in [0.15, 0.2) is 5.78 Å². The van der Waals surface area contributed by atoms with Crippen LogP contribution in [0, 0.1) is 11.8 Å². The molecule has 1 fully saturated rings. The number of ketones is 1. The summed E-state index contributed by atoms with van der Waals surface area (Å²) in [6.45, 7) is 13.5. The van der Waals surface area contributed by atoms with Gasteiger partial charge >= 0.3 is 5.97 Å². The van der Waals surface area contributed by atoms with Crippen LogP contribution in [0.4, 0.5) is 0 Å². The normalized spacial score (nSPS) is 24.5. The SMILES string of the molecule is CC(=O)C(OC(C)(C)C)C(=O)O[C@@H]1C[C@H](C)CC[C@H]1C(C)(C)c1ccccc1. The molecule has 0 spiro atoms. The van der Waals surface area contributed by atoms with Crippen molar-refractivity contribution in [1.82, 2.24) is 0 Å². The van der Waals surface area contributed by atoms with E-state index in [0.717, 1.165) is 19.3 Å². The Balaban J connectivity index is 2.24. The van der Waals surface area contributed by atoms with E-state index in [-0.39, 0.29) is 23.2 Å². The first kappa shape index (κ1) is 22.6. The molecule has 2 rings (SSSR count). The van der Waals surface area contributed by atoms with E-state index >= 15 is 0 Å². The molecule has 0 heterocycles. The Hall–Kier alpha value is -1.68. The Labute approximate surface area is 170 Å². The van der Waals surface area contributed by atoms with E-state index in [9.17, 15) is 9.59 Å². The lowest BCUT2D eigenvalue weighted by Gasteiger charge is -2.44. The number of benzene rings is 1. The molecule has 1 aliphatic rings. The summed E-state index contributed by atoms with van der Waals surface area (Å²) < 4.78 is 11.7. The minimum absolute atomic E-state index is 0.136. The van der Waals surface area contributed by atoms with Gasteiger partial charge in [-0.25, -0.2) is 4.79 Å². The van der Waals surface area contributed by atoms with Gasteiger partial charge in [-0.1, -0.05) is 57.5 Å². The Bertz CT molecular complexity index is 672. The van der Waals surface area contributed by atoms with Crippen molar-refractivity contribution in [1.29, 1.82) is 0 Å². The smallest absolute Gasteiger partial charge is 0.343 e. The van der Waals surface area contributed by atoms with Crippen LogP contribution >= 0.6 is 0 Å². The molecule has 1 aliphatic carbocycles. The highest BCUT2D eigenvalue weighted by molar-refractivity contribution is 6.00. The van der Waals surface area contributed by atoms with Crippen molar-refractivity contribution >= 4 is 11.8 Å². The number of rotatable bonds is 6. The Morgan fingerprint density at radius 1 is 1.04 bits per heavy atom. The van der Waals surface area contributed by atoms with E-state index < -0.39 is 17.7 Å². The fourth-order valence-electron chi connectivity index (χ4n) is 4.23. The zero-order valence-corrected chi connectivity index (χ0v) is 18.5. The molecular formula is C24H36O4. The van der Waals surface area contributed by atoms with E-state index in [2.05, 4.69) is 32.9 Å². The molecular weight excluding hydrogens is 352 g/mol. The maximum atomic E-state index is 12.9. The molecule has 1 aromatic rings. The van der Waals surface area contributed by atoms with Gasteiger partial charge in [-0.3, -0.25) is 4.79 Å². The van der Waals surface area contributed by atoms with Gasteiger partial charge in [0.05, 0.1) is 5.60 Å². The first-order valence-electron chi connectivity index (χ1n) is 10.4. The van der Waals surface area contributed by atoms with Crippen LogP contribution in [0.3, 0.4) is 0 Å². The summed E-state index contributed by atoms with van der Waals surface area (Å²) in [6, 6.07) is 10.4. The number of ether oxygens (including phenoxy) is 2.